The molecule has 2 saturated heterocycles. The summed E-state index contributed by atoms with van der Waals surface area (Å²) in [6.07, 6.45) is 1.38. The summed E-state index contributed by atoms with van der Waals surface area (Å²) in [6.45, 7) is 0.806. The smallest absolute Gasteiger partial charge is 0.262 e. The highest BCUT2D eigenvalue weighted by molar-refractivity contribution is 5.82. The van der Waals surface area contributed by atoms with Crippen molar-refractivity contribution in [3.05, 3.63) is 0 Å². The number of nitrogens with one attached hydrogen (secondary N) is 1. The summed E-state index contributed by atoms with van der Waals surface area (Å²) in [6, 6.07) is -0.718. The van der Waals surface area contributed by atoms with Gasteiger partial charge in [-0.3, -0.25) is 10.1 Å². The molecule has 0 aromatic carbocycles. The Hall–Kier alpha value is -0.750. The number of likely N-dealkylation sites (tertiary alicyclic amines) is 1. The van der Waals surface area contributed by atoms with E-state index >= 15 is 0 Å². The highest BCUT2D eigenvalue weighted by atomic mass is 19.3. The lowest BCUT2D eigenvalue weighted by atomic mass is 10.1. The van der Waals surface area contributed by atoms with Crippen molar-refractivity contribution in [3.63, 3.8) is 0 Å². The third kappa shape index (κ3) is 2.93. The van der Waals surface area contributed by atoms with Gasteiger partial charge in [-0.2, -0.15) is 0 Å². The molecule has 0 radical (unpaired) electrons. The Morgan fingerprint density at radius 2 is 2.06 bits per heavy atom. The molecule has 0 aliphatic carbocycles. The van der Waals surface area contributed by atoms with Gasteiger partial charge in [0.2, 0.25) is 5.91 Å². The first-order chi connectivity index (χ1) is 8.02. The van der Waals surface area contributed by atoms with Crippen molar-refractivity contribution in [1.82, 2.24) is 10.2 Å². The second-order valence-electron chi connectivity index (χ2n) is 4.75. The number of alkyl halides is 2. The second-order valence-corrected chi connectivity index (χ2v) is 4.75. The van der Waals surface area contributed by atoms with Crippen LogP contribution in [0.25, 0.3) is 0 Å². The molecule has 6 heteroatoms. The zero-order valence-corrected chi connectivity index (χ0v) is 9.92. The van der Waals surface area contributed by atoms with E-state index in [1.807, 2.05) is 0 Å². The number of hydrogen-bond donors (Lipinski definition) is 1. The maximum Gasteiger partial charge on any atom is 0.262 e. The van der Waals surface area contributed by atoms with Crippen LogP contribution in [0.5, 0.6) is 0 Å². The Labute approximate surface area is 99.3 Å². The van der Waals surface area contributed by atoms with E-state index in [9.17, 15) is 13.6 Å². The maximum atomic E-state index is 13.0. The van der Waals surface area contributed by atoms with Crippen LogP contribution in [-0.2, 0) is 9.53 Å². The zero-order chi connectivity index (χ0) is 12.5. The molecular formula is C11H18F2N2O2. The van der Waals surface area contributed by atoms with E-state index in [-0.39, 0.29) is 18.4 Å². The average Bonchev–Trinajstić information content (AvgIpc) is 2.69. The van der Waals surface area contributed by atoms with Gasteiger partial charge < -0.3 is 9.64 Å². The number of ether oxygens (including phenoxy) is 1. The molecule has 2 aliphatic heterocycles. The molecule has 1 atom stereocenters. The van der Waals surface area contributed by atoms with Crippen LogP contribution in [0.15, 0.2) is 0 Å². The zero-order valence-electron chi connectivity index (χ0n) is 9.92. The molecule has 2 rings (SSSR count). The van der Waals surface area contributed by atoms with E-state index in [2.05, 4.69) is 5.32 Å². The molecular weight excluding hydrogens is 230 g/mol. The highest BCUT2D eigenvalue weighted by Gasteiger charge is 2.43. The van der Waals surface area contributed by atoms with Crippen LogP contribution in [0, 0.1) is 0 Å². The van der Waals surface area contributed by atoms with Crippen molar-refractivity contribution in [1.29, 1.82) is 0 Å². The Balaban J connectivity index is 1.85. The number of piperidine rings is 1. The summed E-state index contributed by atoms with van der Waals surface area (Å²) in [5.41, 5.74) is 0. The van der Waals surface area contributed by atoms with E-state index in [0.29, 0.717) is 13.1 Å². The van der Waals surface area contributed by atoms with Gasteiger partial charge in [0, 0.05) is 26.6 Å². The number of carbonyl (C=O) groups excluding carboxylic acids is 1. The summed E-state index contributed by atoms with van der Waals surface area (Å²) >= 11 is 0. The molecule has 0 spiro atoms. The fraction of sp³-hybridized carbons (Fsp3) is 0.909. The van der Waals surface area contributed by atoms with Crippen LogP contribution >= 0.6 is 0 Å². The summed E-state index contributed by atoms with van der Waals surface area (Å²) in [5, 5.41) is 2.60. The van der Waals surface area contributed by atoms with Gasteiger partial charge in [-0.15, -0.1) is 0 Å². The Morgan fingerprint density at radius 1 is 1.41 bits per heavy atom. The van der Waals surface area contributed by atoms with Crippen molar-refractivity contribution in [3.8, 4) is 0 Å². The van der Waals surface area contributed by atoms with Gasteiger partial charge in [0.25, 0.3) is 5.92 Å². The van der Waals surface area contributed by atoms with Gasteiger partial charge in [0.05, 0.1) is 18.7 Å². The van der Waals surface area contributed by atoms with Crippen LogP contribution in [0.3, 0.4) is 0 Å². The van der Waals surface area contributed by atoms with Crippen molar-refractivity contribution in [2.45, 2.75) is 37.3 Å². The lowest BCUT2D eigenvalue weighted by Crippen LogP contribution is -2.48. The van der Waals surface area contributed by atoms with E-state index in [4.69, 9.17) is 4.74 Å². The van der Waals surface area contributed by atoms with Crippen LogP contribution in [0.1, 0.15) is 19.3 Å². The molecule has 2 heterocycles. The maximum absolute atomic E-state index is 13.0. The monoisotopic (exact) mass is 248 g/mol. The Bertz CT molecular complexity index is 291. The highest BCUT2D eigenvalue weighted by Crippen LogP contribution is 2.26. The Kier molecular flexibility index (Phi) is 3.63. The molecule has 2 fully saturated rings. The summed E-state index contributed by atoms with van der Waals surface area (Å²) in [7, 11) is 1.65. The summed E-state index contributed by atoms with van der Waals surface area (Å²) < 4.78 is 31.2. The minimum atomic E-state index is -2.74. The van der Waals surface area contributed by atoms with Gasteiger partial charge in [0.1, 0.15) is 0 Å². The number of nitrogens with zero attached hydrogens (tertiary/aromatic N) is 1. The van der Waals surface area contributed by atoms with Crippen LogP contribution in [0.4, 0.5) is 8.78 Å². The molecule has 1 amide bonds. The molecule has 1 N–H and O–H groups in total. The molecule has 4 nitrogen and oxygen atoms in total. The van der Waals surface area contributed by atoms with E-state index in [0.717, 1.165) is 12.8 Å². The first-order valence-electron chi connectivity index (χ1n) is 5.94. The van der Waals surface area contributed by atoms with Crippen LogP contribution in [0.2, 0.25) is 0 Å². The minimum Gasteiger partial charge on any atom is -0.381 e. The van der Waals surface area contributed by atoms with Crippen LogP contribution < -0.4 is 5.32 Å². The topological polar surface area (TPSA) is 41.6 Å². The number of rotatable bonds is 2. The number of carbonyl (C=O) groups is 1. The lowest BCUT2D eigenvalue weighted by Gasteiger charge is -2.32. The molecule has 0 saturated carbocycles. The molecule has 17 heavy (non-hydrogen) atoms. The van der Waals surface area contributed by atoms with Crippen LogP contribution in [-0.4, -0.2) is 55.6 Å². The second kappa shape index (κ2) is 4.86. The fourth-order valence-corrected chi connectivity index (χ4v) is 2.42. The standard InChI is InChI=1S/C11H18F2N2O2/c1-17-8-2-4-15(5-3-8)10(16)9-6-11(12,13)7-14-9/h8-9,14H,2-7H2,1H3. The number of halogens is 2. The molecule has 0 aromatic rings. The average molecular weight is 248 g/mol. The number of amides is 1. The minimum absolute atomic E-state index is 0.192. The molecule has 98 valence electrons. The normalized spacial score (nSPS) is 29.6. The largest absolute Gasteiger partial charge is 0.381 e. The van der Waals surface area contributed by atoms with Crippen molar-refractivity contribution in [2.75, 3.05) is 26.7 Å². The molecule has 1 unspecified atom stereocenters. The predicted molar refractivity (Wildman–Crippen MR) is 58.0 cm³/mol. The summed E-state index contributed by atoms with van der Waals surface area (Å²) in [4.78, 5) is 13.6. The van der Waals surface area contributed by atoms with Crippen molar-refractivity contribution in [2.24, 2.45) is 0 Å². The van der Waals surface area contributed by atoms with Gasteiger partial charge in [0.15, 0.2) is 0 Å². The molecule has 0 bridgehead atoms. The van der Waals surface area contributed by atoms with Gasteiger partial charge in [-0.1, -0.05) is 0 Å². The van der Waals surface area contributed by atoms with E-state index < -0.39 is 18.5 Å². The lowest BCUT2D eigenvalue weighted by molar-refractivity contribution is -0.136. The molecule has 2 aliphatic rings. The van der Waals surface area contributed by atoms with Gasteiger partial charge in [-0.05, 0) is 12.8 Å². The van der Waals surface area contributed by atoms with Crippen molar-refractivity contribution >= 4 is 5.91 Å². The summed E-state index contributed by atoms with van der Waals surface area (Å²) in [5.74, 6) is -2.94. The number of methoxy groups -OCH3 is 1. The Morgan fingerprint density at radius 3 is 2.53 bits per heavy atom. The van der Waals surface area contributed by atoms with Gasteiger partial charge >= 0.3 is 0 Å². The fourth-order valence-electron chi connectivity index (χ4n) is 2.42. The van der Waals surface area contributed by atoms with E-state index in [1.165, 1.54) is 0 Å². The van der Waals surface area contributed by atoms with Crippen molar-refractivity contribution < 1.29 is 18.3 Å². The molecule has 0 aromatic heterocycles. The third-order valence-electron chi connectivity index (χ3n) is 3.49. The quantitative estimate of drug-likeness (QED) is 0.779. The first kappa shape index (κ1) is 12.7. The van der Waals surface area contributed by atoms with E-state index in [1.54, 1.807) is 12.0 Å². The number of hydrogen-bond acceptors (Lipinski definition) is 3. The third-order valence-corrected chi connectivity index (χ3v) is 3.49. The SMILES string of the molecule is COC1CCN(C(=O)C2CC(F)(F)CN2)CC1. The van der Waals surface area contributed by atoms with Gasteiger partial charge in [-0.25, -0.2) is 8.78 Å². The predicted octanol–water partition coefficient (Wildman–Crippen LogP) is 0.621. The first-order valence-corrected chi connectivity index (χ1v) is 5.94.